The monoisotopic (exact) mass is 588 g/mol. The van der Waals surface area contributed by atoms with Crippen LogP contribution in [0.1, 0.15) is 59.2 Å². The third kappa shape index (κ3) is 4.18. The van der Waals surface area contributed by atoms with Gasteiger partial charge in [0.2, 0.25) is 11.8 Å². The number of aromatic nitrogens is 4. The van der Waals surface area contributed by atoms with Crippen LogP contribution in [-0.4, -0.2) is 60.5 Å². The topological polar surface area (TPSA) is 93.5 Å². The summed E-state index contributed by atoms with van der Waals surface area (Å²) in [5.74, 6) is 0.545. The number of nitrogens with zero attached hydrogens (tertiary/aromatic N) is 6. The number of likely N-dealkylation sites (tertiary alicyclic amines) is 2. The Morgan fingerprint density at radius 2 is 1.90 bits per heavy atom. The molecule has 2 fully saturated rings. The molecule has 11 heteroatoms. The minimum Gasteiger partial charge on any atom is -0.483 e. The minimum absolute atomic E-state index is 0.126. The second-order valence-corrected chi connectivity index (χ2v) is 13.1. The van der Waals surface area contributed by atoms with Crippen LogP contribution >= 0.6 is 22.9 Å². The number of hydrogen-bond donors (Lipinski definition) is 0. The van der Waals surface area contributed by atoms with E-state index >= 15 is 0 Å². The van der Waals surface area contributed by atoms with Crippen molar-refractivity contribution in [2.24, 2.45) is 7.05 Å². The molecule has 3 aromatic heterocycles. The number of carbonyl (C=O) groups is 2. The van der Waals surface area contributed by atoms with E-state index in [9.17, 15) is 9.59 Å². The maximum atomic E-state index is 12.2. The fourth-order valence-corrected chi connectivity index (χ4v) is 8.25. The molecule has 0 N–H and O–H groups in total. The predicted octanol–water partition coefficient (Wildman–Crippen LogP) is 4.63. The van der Waals surface area contributed by atoms with Crippen molar-refractivity contribution in [3.05, 3.63) is 56.9 Å². The summed E-state index contributed by atoms with van der Waals surface area (Å²) in [5.41, 5.74) is 7.12. The summed E-state index contributed by atoms with van der Waals surface area (Å²) in [7, 11) is 2.03. The molecule has 1 unspecified atom stereocenters. The van der Waals surface area contributed by atoms with E-state index in [1.165, 1.54) is 53.4 Å². The van der Waals surface area contributed by atoms with Crippen molar-refractivity contribution in [1.29, 1.82) is 0 Å². The number of imide groups is 1. The SMILES string of the molecule is Cn1nc2c(c1[C@H]1Cc3cc(Cl)cc(-c4ncnc5cc(CN6C(=O)CCC6=O)sc45)c3O1)CC(N1CCC1)CC2. The van der Waals surface area contributed by atoms with E-state index in [4.69, 9.17) is 21.4 Å². The predicted molar refractivity (Wildman–Crippen MR) is 155 cm³/mol. The number of thiophene rings is 1. The number of benzene rings is 1. The molecule has 8 rings (SSSR count). The number of halogens is 1. The molecule has 0 spiro atoms. The molecule has 2 saturated heterocycles. The van der Waals surface area contributed by atoms with Crippen LogP contribution in [-0.2, 0) is 42.4 Å². The van der Waals surface area contributed by atoms with Crippen LogP contribution in [0.4, 0.5) is 0 Å². The molecule has 2 amide bonds. The lowest BCUT2D eigenvalue weighted by molar-refractivity contribution is -0.138. The van der Waals surface area contributed by atoms with E-state index in [2.05, 4.69) is 14.9 Å². The first-order chi connectivity index (χ1) is 19.9. The summed E-state index contributed by atoms with van der Waals surface area (Å²) < 4.78 is 9.69. The standard InChI is InChI=1S/C30H29ClN6O3S/c1-35-28(20-12-18(36-7-2-8-36)3-4-22(20)34-35)24-10-16-9-17(31)11-21(29(16)40-24)27-30-23(32-15-33-27)13-19(41-30)14-37-25(38)5-6-26(37)39/h9,11,13,15,18,24H,2-8,10,12,14H2,1H3/t18?,24-/m1/s1. The second kappa shape index (κ2) is 9.61. The molecule has 3 aliphatic heterocycles. The van der Waals surface area contributed by atoms with E-state index < -0.39 is 0 Å². The van der Waals surface area contributed by atoms with Gasteiger partial charge in [0.25, 0.3) is 0 Å². The summed E-state index contributed by atoms with van der Waals surface area (Å²) in [6, 6.07) is 6.43. The average Bonchev–Trinajstić information content (AvgIpc) is 3.67. The lowest BCUT2D eigenvalue weighted by atomic mass is 9.87. The van der Waals surface area contributed by atoms with Crippen LogP contribution < -0.4 is 4.74 Å². The number of fused-ring (bicyclic) bond motifs is 3. The normalized spacial score (nSPS) is 22.2. The molecule has 9 nitrogen and oxygen atoms in total. The summed E-state index contributed by atoms with van der Waals surface area (Å²) >= 11 is 8.18. The molecule has 41 heavy (non-hydrogen) atoms. The molecular weight excluding hydrogens is 560 g/mol. The Morgan fingerprint density at radius 1 is 1.07 bits per heavy atom. The van der Waals surface area contributed by atoms with Gasteiger partial charge >= 0.3 is 0 Å². The summed E-state index contributed by atoms with van der Waals surface area (Å²) in [6.07, 6.45) is 7.17. The first-order valence-corrected chi connectivity index (χ1v) is 15.5. The van der Waals surface area contributed by atoms with Crippen molar-refractivity contribution in [2.45, 2.75) is 63.6 Å². The molecule has 1 aromatic carbocycles. The Hall–Kier alpha value is -3.34. The Bertz CT molecular complexity index is 1730. The van der Waals surface area contributed by atoms with Gasteiger partial charge in [-0.3, -0.25) is 24.1 Å². The molecular formula is C30H29ClN6O3S. The highest BCUT2D eigenvalue weighted by Crippen LogP contribution is 2.48. The zero-order valence-electron chi connectivity index (χ0n) is 22.7. The van der Waals surface area contributed by atoms with Crippen molar-refractivity contribution in [3.63, 3.8) is 0 Å². The van der Waals surface area contributed by atoms with Crippen molar-refractivity contribution in [2.75, 3.05) is 13.1 Å². The molecule has 210 valence electrons. The molecule has 4 aliphatic rings. The van der Waals surface area contributed by atoms with Gasteiger partial charge in [-0.05, 0) is 57.0 Å². The number of hydrogen-bond acceptors (Lipinski definition) is 8. The van der Waals surface area contributed by atoms with E-state index in [0.29, 0.717) is 17.5 Å². The highest BCUT2D eigenvalue weighted by Gasteiger charge is 2.37. The van der Waals surface area contributed by atoms with Gasteiger partial charge in [-0.1, -0.05) is 11.6 Å². The smallest absolute Gasteiger partial charge is 0.230 e. The Labute approximate surface area is 246 Å². The lowest BCUT2D eigenvalue weighted by Crippen LogP contribution is -2.47. The molecule has 2 atom stereocenters. The first-order valence-electron chi connectivity index (χ1n) is 14.3. The van der Waals surface area contributed by atoms with Gasteiger partial charge in [0.05, 0.1) is 33.8 Å². The van der Waals surface area contributed by atoms with Crippen LogP contribution in [0, 0.1) is 0 Å². The highest BCUT2D eigenvalue weighted by atomic mass is 35.5. The summed E-state index contributed by atoms with van der Waals surface area (Å²) in [4.78, 5) is 38.4. The van der Waals surface area contributed by atoms with Crippen molar-refractivity contribution >= 4 is 45.0 Å². The van der Waals surface area contributed by atoms with Gasteiger partial charge in [0.15, 0.2) is 0 Å². The van der Waals surface area contributed by atoms with Crippen LogP contribution in [0.25, 0.3) is 21.5 Å². The van der Waals surface area contributed by atoms with Crippen LogP contribution in [0.3, 0.4) is 0 Å². The summed E-state index contributed by atoms with van der Waals surface area (Å²) in [6.45, 7) is 2.66. The van der Waals surface area contributed by atoms with Gasteiger partial charge in [-0.25, -0.2) is 9.97 Å². The highest BCUT2D eigenvalue weighted by molar-refractivity contribution is 7.19. The molecule has 0 bridgehead atoms. The van der Waals surface area contributed by atoms with Crippen LogP contribution in [0.15, 0.2) is 24.5 Å². The number of carbonyl (C=O) groups excluding carboxylic acids is 2. The Balaban J connectivity index is 1.14. The zero-order chi connectivity index (χ0) is 27.8. The number of ether oxygens (including phenoxy) is 1. The summed E-state index contributed by atoms with van der Waals surface area (Å²) in [5, 5.41) is 5.54. The van der Waals surface area contributed by atoms with Gasteiger partial charge in [-0.2, -0.15) is 5.10 Å². The fourth-order valence-electron chi connectivity index (χ4n) is 6.90. The van der Waals surface area contributed by atoms with Gasteiger partial charge < -0.3 is 4.74 Å². The number of aryl methyl sites for hydroxylation is 2. The van der Waals surface area contributed by atoms with Crippen LogP contribution in [0.2, 0.25) is 5.02 Å². The van der Waals surface area contributed by atoms with Crippen molar-refractivity contribution in [3.8, 4) is 17.0 Å². The number of rotatable bonds is 5. The zero-order valence-corrected chi connectivity index (χ0v) is 24.3. The quantitative estimate of drug-likeness (QED) is 0.314. The third-order valence-corrected chi connectivity index (χ3v) is 10.4. The minimum atomic E-state index is -0.151. The molecule has 6 heterocycles. The van der Waals surface area contributed by atoms with Gasteiger partial charge in [0.1, 0.15) is 18.2 Å². The van der Waals surface area contributed by atoms with E-state index in [-0.39, 0.29) is 37.3 Å². The fraction of sp³-hybridized carbons (Fsp3) is 0.433. The Morgan fingerprint density at radius 3 is 2.68 bits per heavy atom. The largest absolute Gasteiger partial charge is 0.483 e. The van der Waals surface area contributed by atoms with Gasteiger partial charge in [0, 0.05) is 58.9 Å². The van der Waals surface area contributed by atoms with Crippen LogP contribution in [0.5, 0.6) is 5.75 Å². The van der Waals surface area contributed by atoms with E-state index in [0.717, 1.165) is 56.2 Å². The maximum absolute atomic E-state index is 12.2. The Kier molecular flexibility index (Phi) is 5.95. The van der Waals surface area contributed by atoms with Crippen molar-refractivity contribution in [1.82, 2.24) is 29.5 Å². The van der Waals surface area contributed by atoms with E-state index in [1.807, 2.05) is 29.9 Å². The first kappa shape index (κ1) is 25.4. The van der Waals surface area contributed by atoms with Crippen molar-refractivity contribution < 1.29 is 14.3 Å². The molecule has 0 saturated carbocycles. The van der Waals surface area contributed by atoms with Gasteiger partial charge in [-0.15, -0.1) is 11.3 Å². The number of amides is 2. The average molecular weight is 589 g/mol. The van der Waals surface area contributed by atoms with E-state index in [1.54, 1.807) is 6.33 Å². The molecule has 0 radical (unpaired) electrons. The molecule has 4 aromatic rings. The second-order valence-electron chi connectivity index (χ2n) is 11.5. The molecule has 1 aliphatic carbocycles. The third-order valence-electron chi connectivity index (χ3n) is 9.03. The lowest BCUT2D eigenvalue weighted by Gasteiger charge is -2.40. The maximum Gasteiger partial charge on any atom is 0.230 e.